The van der Waals surface area contributed by atoms with Gasteiger partial charge in [-0.2, -0.15) is 0 Å². The maximum absolute atomic E-state index is 13.5. The van der Waals surface area contributed by atoms with Gasteiger partial charge in [-0.1, -0.05) is 24.3 Å². The first-order valence-electron chi connectivity index (χ1n) is 11.9. The van der Waals surface area contributed by atoms with E-state index in [1.807, 2.05) is 30.3 Å². The second-order valence-electron chi connectivity index (χ2n) is 8.85. The van der Waals surface area contributed by atoms with Crippen LogP contribution in [0.1, 0.15) is 10.4 Å². The molecule has 1 saturated heterocycles. The van der Waals surface area contributed by atoms with Crippen LogP contribution in [0.4, 0.5) is 11.4 Å². The van der Waals surface area contributed by atoms with Crippen LogP contribution in [0, 0.1) is 0 Å². The molecule has 1 atom stereocenters. The quantitative estimate of drug-likeness (QED) is 0.336. The van der Waals surface area contributed by atoms with Gasteiger partial charge in [0.2, 0.25) is 16.6 Å². The third kappa shape index (κ3) is 4.40. The third-order valence-corrected chi connectivity index (χ3v) is 8.32. The first-order valence-corrected chi connectivity index (χ1v) is 13.4. The van der Waals surface area contributed by atoms with Crippen molar-refractivity contribution in [2.75, 3.05) is 31.9 Å². The van der Waals surface area contributed by atoms with Crippen LogP contribution in [-0.2, 0) is 14.6 Å². The van der Waals surface area contributed by atoms with E-state index in [9.17, 15) is 18.3 Å². The Morgan fingerprint density at radius 1 is 0.974 bits per heavy atom. The van der Waals surface area contributed by atoms with Crippen LogP contribution in [0.5, 0.6) is 11.5 Å². The third-order valence-electron chi connectivity index (χ3n) is 6.47. The maximum Gasteiger partial charge on any atom is 0.337 e. The molecule has 1 aromatic heterocycles. The fourth-order valence-electron chi connectivity index (χ4n) is 4.52. The molecule has 4 aromatic rings. The zero-order chi connectivity index (χ0) is 26.3. The molecule has 3 aromatic carbocycles. The van der Waals surface area contributed by atoms with Crippen molar-refractivity contribution in [1.82, 2.24) is 10.3 Å². The number of anilines is 2. The van der Waals surface area contributed by atoms with Crippen LogP contribution >= 0.6 is 0 Å². The lowest BCUT2D eigenvalue weighted by Gasteiger charge is -2.24. The normalized spacial score (nSPS) is 16.9. The van der Waals surface area contributed by atoms with Crippen LogP contribution in [0.3, 0.4) is 0 Å². The Kier molecular flexibility index (Phi) is 6.10. The van der Waals surface area contributed by atoms with E-state index in [4.69, 9.17) is 14.2 Å². The number of carboxylic acid groups (broad SMARTS) is 1. The minimum absolute atomic E-state index is 0.00963. The molecule has 194 valence electrons. The highest BCUT2D eigenvalue weighted by molar-refractivity contribution is 7.92. The topological polar surface area (TPSA) is 136 Å². The molecule has 0 radical (unpaired) electrons. The maximum atomic E-state index is 13.5. The molecule has 2 aliphatic heterocycles. The minimum Gasteiger partial charge on any atom is -0.478 e. The number of hydrogen-bond acceptors (Lipinski definition) is 9. The van der Waals surface area contributed by atoms with Crippen molar-refractivity contribution < 1.29 is 32.5 Å². The summed E-state index contributed by atoms with van der Waals surface area (Å²) >= 11 is 0. The van der Waals surface area contributed by atoms with Crippen LogP contribution in [0.25, 0.3) is 22.0 Å². The summed E-state index contributed by atoms with van der Waals surface area (Å²) in [4.78, 5) is 16.3. The van der Waals surface area contributed by atoms with Gasteiger partial charge in [-0.05, 0) is 53.6 Å². The number of rotatable bonds is 6. The van der Waals surface area contributed by atoms with Crippen molar-refractivity contribution in [3.63, 3.8) is 0 Å². The van der Waals surface area contributed by atoms with Crippen molar-refractivity contribution >= 4 is 38.1 Å². The SMILES string of the molecule is O=C(O)c1ccccc1Nc1cc(S(=O)(=O)C2COCCN2)nc2ccc(-c3ccc4c(c3)OCO4)cc12. The van der Waals surface area contributed by atoms with E-state index in [1.165, 1.54) is 12.1 Å². The van der Waals surface area contributed by atoms with E-state index in [0.29, 0.717) is 46.9 Å². The Bertz CT molecular complexity index is 1670. The number of nitrogens with one attached hydrogen (secondary N) is 2. The summed E-state index contributed by atoms with van der Waals surface area (Å²) in [6.07, 6.45) is 0. The Hall–Kier alpha value is -4.19. The summed E-state index contributed by atoms with van der Waals surface area (Å²) < 4.78 is 43.2. The number of para-hydroxylation sites is 1. The largest absolute Gasteiger partial charge is 0.478 e. The predicted octanol–water partition coefficient (Wildman–Crippen LogP) is 3.79. The molecule has 3 N–H and O–H groups in total. The zero-order valence-electron chi connectivity index (χ0n) is 20.0. The van der Waals surface area contributed by atoms with Gasteiger partial charge in [0.15, 0.2) is 16.5 Å². The molecule has 6 rings (SSSR count). The molecule has 0 amide bonds. The Morgan fingerprint density at radius 2 is 1.76 bits per heavy atom. The number of morpholine rings is 1. The molecule has 2 aliphatic rings. The van der Waals surface area contributed by atoms with Crippen LogP contribution < -0.4 is 20.1 Å². The number of ether oxygens (including phenoxy) is 3. The monoisotopic (exact) mass is 533 g/mol. The first-order chi connectivity index (χ1) is 18.4. The number of hydrogen-bond donors (Lipinski definition) is 3. The summed E-state index contributed by atoms with van der Waals surface area (Å²) in [6.45, 7) is 1.01. The molecule has 0 spiro atoms. The highest BCUT2D eigenvalue weighted by Crippen LogP contribution is 2.38. The molecular weight excluding hydrogens is 510 g/mol. The molecule has 0 bridgehead atoms. The number of aromatic carboxylic acids is 1. The van der Waals surface area contributed by atoms with Crippen LogP contribution in [0.15, 0.2) is 71.8 Å². The Balaban J connectivity index is 1.50. The van der Waals surface area contributed by atoms with E-state index >= 15 is 0 Å². The van der Waals surface area contributed by atoms with E-state index < -0.39 is 21.2 Å². The highest BCUT2D eigenvalue weighted by atomic mass is 32.2. The summed E-state index contributed by atoms with van der Waals surface area (Å²) in [7, 11) is -3.90. The smallest absolute Gasteiger partial charge is 0.337 e. The number of pyridine rings is 1. The molecule has 0 saturated carbocycles. The Labute approximate surface area is 218 Å². The summed E-state index contributed by atoms with van der Waals surface area (Å²) in [5.41, 5.74) is 2.92. The van der Waals surface area contributed by atoms with Crippen LogP contribution in [-0.4, -0.2) is 56.4 Å². The molecule has 1 fully saturated rings. The van der Waals surface area contributed by atoms with E-state index in [2.05, 4.69) is 15.6 Å². The van der Waals surface area contributed by atoms with Crippen molar-refractivity contribution in [3.05, 3.63) is 72.3 Å². The van der Waals surface area contributed by atoms with E-state index in [0.717, 1.165) is 11.1 Å². The van der Waals surface area contributed by atoms with Gasteiger partial charge < -0.3 is 24.6 Å². The standard InChI is InChI=1S/C27H23N3O7S/c31-27(32)18-3-1-2-4-20(18)29-22-13-25(38(33,34)26-14-35-10-9-28-26)30-21-7-5-16(11-19(21)22)17-6-8-23-24(12-17)37-15-36-23/h1-8,11-13,26,28H,9-10,14-15H2,(H,29,30)(H,31,32). The van der Waals surface area contributed by atoms with Gasteiger partial charge in [-0.3, -0.25) is 5.32 Å². The van der Waals surface area contributed by atoms with Gasteiger partial charge in [0.1, 0.15) is 5.37 Å². The van der Waals surface area contributed by atoms with Crippen molar-refractivity contribution in [1.29, 1.82) is 0 Å². The van der Waals surface area contributed by atoms with Gasteiger partial charge in [-0.15, -0.1) is 0 Å². The molecular formula is C27H23N3O7S. The fraction of sp³-hybridized carbons (Fsp3) is 0.185. The average Bonchev–Trinajstić information content (AvgIpc) is 3.41. The van der Waals surface area contributed by atoms with Gasteiger partial charge in [0.05, 0.1) is 35.7 Å². The van der Waals surface area contributed by atoms with Crippen molar-refractivity contribution in [3.8, 4) is 22.6 Å². The number of carbonyl (C=O) groups is 1. The number of nitrogens with zero attached hydrogens (tertiary/aromatic N) is 1. The summed E-state index contributed by atoms with van der Waals surface area (Å²) in [6, 6.07) is 19.0. The predicted molar refractivity (Wildman–Crippen MR) is 140 cm³/mol. The molecule has 11 heteroatoms. The second-order valence-corrected chi connectivity index (χ2v) is 10.9. The Morgan fingerprint density at radius 3 is 2.58 bits per heavy atom. The molecule has 38 heavy (non-hydrogen) atoms. The van der Waals surface area contributed by atoms with Gasteiger partial charge in [-0.25, -0.2) is 18.2 Å². The number of sulfone groups is 1. The number of carboxylic acids is 1. The average molecular weight is 534 g/mol. The molecule has 10 nitrogen and oxygen atoms in total. The zero-order valence-corrected chi connectivity index (χ0v) is 20.8. The van der Waals surface area contributed by atoms with Gasteiger partial charge in [0.25, 0.3) is 0 Å². The lowest BCUT2D eigenvalue weighted by atomic mass is 10.0. The fourth-order valence-corrected chi connectivity index (χ4v) is 5.93. The van der Waals surface area contributed by atoms with Crippen LogP contribution in [0.2, 0.25) is 0 Å². The van der Waals surface area contributed by atoms with E-state index in [1.54, 1.807) is 24.3 Å². The highest BCUT2D eigenvalue weighted by Gasteiger charge is 2.31. The minimum atomic E-state index is -3.90. The van der Waals surface area contributed by atoms with Crippen molar-refractivity contribution in [2.24, 2.45) is 0 Å². The summed E-state index contributed by atoms with van der Waals surface area (Å²) in [5, 5.41) is 15.4. The number of benzene rings is 3. The molecule has 0 aliphatic carbocycles. The first kappa shape index (κ1) is 24.2. The van der Waals surface area contributed by atoms with Crippen molar-refractivity contribution in [2.45, 2.75) is 10.4 Å². The number of aromatic nitrogens is 1. The number of fused-ring (bicyclic) bond motifs is 2. The second kappa shape index (κ2) is 9.60. The molecule has 1 unspecified atom stereocenters. The molecule has 3 heterocycles. The summed E-state index contributed by atoms with van der Waals surface area (Å²) in [5.74, 6) is 0.195. The van der Waals surface area contributed by atoms with E-state index in [-0.39, 0.29) is 24.0 Å². The van der Waals surface area contributed by atoms with Gasteiger partial charge in [0, 0.05) is 11.9 Å². The lowest BCUT2D eigenvalue weighted by molar-refractivity contribution is 0.0698. The van der Waals surface area contributed by atoms with Gasteiger partial charge >= 0.3 is 5.97 Å². The lowest BCUT2D eigenvalue weighted by Crippen LogP contribution is -2.46.